The number of anilines is 1. The van der Waals surface area contributed by atoms with Crippen molar-refractivity contribution < 1.29 is 4.79 Å². The smallest absolute Gasteiger partial charge is 0.276 e. The Hall–Kier alpha value is -1.52. The molecule has 0 saturated carbocycles. The molecular formula is C13H24N4O. The highest BCUT2D eigenvalue weighted by Gasteiger charge is 2.23. The molecule has 102 valence electrons. The number of carbonyl (C=O) groups excluding carboxylic acids is 1. The molecule has 0 aromatic carbocycles. The van der Waals surface area contributed by atoms with Crippen LogP contribution in [0.5, 0.6) is 0 Å². The number of carbonyl (C=O) groups is 1. The molecule has 1 heterocycles. The molecule has 1 aromatic rings. The summed E-state index contributed by atoms with van der Waals surface area (Å²) >= 11 is 0. The molecule has 1 aromatic heterocycles. The van der Waals surface area contributed by atoms with E-state index in [1.54, 1.807) is 0 Å². The summed E-state index contributed by atoms with van der Waals surface area (Å²) in [5, 5.41) is 6.77. The summed E-state index contributed by atoms with van der Waals surface area (Å²) < 4.78 is 0. The molecule has 0 unspecified atom stereocenters. The van der Waals surface area contributed by atoms with Gasteiger partial charge >= 0.3 is 0 Å². The lowest BCUT2D eigenvalue weighted by molar-refractivity contribution is 0.0710. The number of aromatic nitrogens is 2. The van der Waals surface area contributed by atoms with E-state index in [1.165, 1.54) is 0 Å². The van der Waals surface area contributed by atoms with Crippen molar-refractivity contribution in [3.63, 3.8) is 0 Å². The number of aromatic amines is 1. The Morgan fingerprint density at radius 3 is 2.11 bits per heavy atom. The van der Waals surface area contributed by atoms with Crippen LogP contribution in [0.15, 0.2) is 0 Å². The molecular weight excluding hydrogens is 228 g/mol. The van der Waals surface area contributed by atoms with E-state index in [-0.39, 0.29) is 5.91 Å². The van der Waals surface area contributed by atoms with Crippen LogP contribution in [0.2, 0.25) is 0 Å². The van der Waals surface area contributed by atoms with E-state index in [0.29, 0.717) is 23.2 Å². The van der Waals surface area contributed by atoms with Gasteiger partial charge in [-0.25, -0.2) is 0 Å². The largest absolute Gasteiger partial charge is 0.395 e. The van der Waals surface area contributed by atoms with Crippen LogP contribution in [-0.2, 0) is 0 Å². The molecule has 1 amide bonds. The number of rotatable bonds is 5. The van der Waals surface area contributed by atoms with Crippen molar-refractivity contribution in [1.29, 1.82) is 0 Å². The average molecular weight is 252 g/mol. The predicted octanol–water partition coefficient (Wildman–Crippen LogP) is 2.05. The lowest BCUT2D eigenvalue weighted by Crippen LogP contribution is -2.37. The van der Waals surface area contributed by atoms with Crippen LogP contribution in [-0.4, -0.2) is 34.1 Å². The number of nitrogens with zero attached hydrogens (tertiary/aromatic N) is 2. The standard InChI is InChI=1S/C13H24N4O/c1-8(2)6-17(7-9(3)4)13(18)12-11(14)10(5)15-16-12/h8-9H,6-7,14H2,1-5H3,(H,15,16). The highest BCUT2D eigenvalue weighted by molar-refractivity contribution is 5.97. The summed E-state index contributed by atoms with van der Waals surface area (Å²) in [6.07, 6.45) is 0. The van der Waals surface area contributed by atoms with E-state index >= 15 is 0 Å². The monoisotopic (exact) mass is 252 g/mol. The number of nitrogens with one attached hydrogen (secondary N) is 1. The van der Waals surface area contributed by atoms with Crippen molar-refractivity contribution in [3.05, 3.63) is 11.4 Å². The molecule has 0 aliphatic rings. The first-order chi connectivity index (χ1) is 8.32. The third-order valence-corrected chi connectivity index (χ3v) is 2.66. The summed E-state index contributed by atoms with van der Waals surface area (Å²) in [7, 11) is 0. The lowest BCUT2D eigenvalue weighted by atomic mass is 10.1. The normalized spacial score (nSPS) is 11.3. The van der Waals surface area contributed by atoms with Crippen LogP contribution >= 0.6 is 0 Å². The van der Waals surface area contributed by atoms with Crippen LogP contribution in [0.4, 0.5) is 5.69 Å². The first kappa shape index (κ1) is 14.5. The van der Waals surface area contributed by atoms with Crippen LogP contribution in [0.25, 0.3) is 0 Å². The lowest BCUT2D eigenvalue weighted by Gasteiger charge is -2.25. The number of nitrogen functional groups attached to an aromatic ring is 1. The van der Waals surface area contributed by atoms with Gasteiger partial charge in [0.1, 0.15) is 0 Å². The number of H-pyrrole nitrogens is 1. The van der Waals surface area contributed by atoms with E-state index in [1.807, 2.05) is 11.8 Å². The highest BCUT2D eigenvalue weighted by Crippen LogP contribution is 2.16. The van der Waals surface area contributed by atoms with Gasteiger partial charge in [-0.15, -0.1) is 0 Å². The first-order valence-corrected chi connectivity index (χ1v) is 6.42. The van der Waals surface area contributed by atoms with Crippen molar-refractivity contribution in [2.24, 2.45) is 11.8 Å². The molecule has 0 spiro atoms. The van der Waals surface area contributed by atoms with Gasteiger partial charge < -0.3 is 10.6 Å². The Balaban J connectivity index is 2.91. The fourth-order valence-electron chi connectivity index (χ4n) is 1.87. The van der Waals surface area contributed by atoms with Gasteiger partial charge in [0.25, 0.3) is 5.91 Å². The van der Waals surface area contributed by atoms with Gasteiger partial charge in [-0.2, -0.15) is 5.10 Å². The number of nitrogens with two attached hydrogens (primary N) is 1. The summed E-state index contributed by atoms with van der Waals surface area (Å²) in [6.45, 7) is 11.7. The molecule has 0 radical (unpaired) electrons. The number of amides is 1. The zero-order chi connectivity index (χ0) is 13.9. The molecule has 0 bridgehead atoms. The van der Waals surface area contributed by atoms with Crippen molar-refractivity contribution in [2.45, 2.75) is 34.6 Å². The van der Waals surface area contributed by atoms with Gasteiger partial charge in [0.05, 0.1) is 11.4 Å². The Morgan fingerprint density at radius 2 is 1.78 bits per heavy atom. The average Bonchev–Trinajstić information content (AvgIpc) is 2.56. The Bertz CT molecular complexity index is 399. The second-order valence-electron chi connectivity index (χ2n) is 5.61. The molecule has 3 N–H and O–H groups in total. The molecule has 0 aliphatic carbocycles. The summed E-state index contributed by atoms with van der Waals surface area (Å²) in [6, 6.07) is 0. The van der Waals surface area contributed by atoms with Crippen LogP contribution < -0.4 is 5.73 Å². The fourth-order valence-corrected chi connectivity index (χ4v) is 1.87. The Labute approximate surface area is 109 Å². The zero-order valence-electron chi connectivity index (χ0n) is 11.9. The second kappa shape index (κ2) is 5.89. The van der Waals surface area contributed by atoms with Crippen LogP contribution in [0, 0.1) is 18.8 Å². The second-order valence-corrected chi connectivity index (χ2v) is 5.61. The summed E-state index contributed by atoms with van der Waals surface area (Å²) in [5.74, 6) is 0.766. The molecule has 0 aliphatic heterocycles. The molecule has 0 saturated heterocycles. The van der Waals surface area contributed by atoms with Gasteiger partial charge in [-0.3, -0.25) is 9.89 Å². The third kappa shape index (κ3) is 3.48. The van der Waals surface area contributed by atoms with Crippen molar-refractivity contribution in [2.75, 3.05) is 18.8 Å². The quantitative estimate of drug-likeness (QED) is 0.842. The van der Waals surface area contributed by atoms with Crippen LogP contribution in [0.1, 0.15) is 43.9 Å². The van der Waals surface area contributed by atoms with E-state index in [2.05, 4.69) is 37.9 Å². The molecule has 1 rings (SSSR count). The topological polar surface area (TPSA) is 75.0 Å². The maximum atomic E-state index is 12.4. The van der Waals surface area contributed by atoms with Gasteiger partial charge in [0.15, 0.2) is 5.69 Å². The van der Waals surface area contributed by atoms with Crippen molar-refractivity contribution >= 4 is 11.6 Å². The van der Waals surface area contributed by atoms with Crippen molar-refractivity contribution in [1.82, 2.24) is 15.1 Å². The third-order valence-electron chi connectivity index (χ3n) is 2.66. The minimum absolute atomic E-state index is 0.0840. The van der Waals surface area contributed by atoms with E-state index in [9.17, 15) is 4.79 Å². The number of hydrogen-bond acceptors (Lipinski definition) is 3. The minimum Gasteiger partial charge on any atom is -0.395 e. The summed E-state index contributed by atoms with van der Waals surface area (Å²) in [5.41, 5.74) is 7.40. The summed E-state index contributed by atoms with van der Waals surface area (Å²) in [4.78, 5) is 14.2. The van der Waals surface area contributed by atoms with Gasteiger partial charge in [-0.05, 0) is 18.8 Å². The SMILES string of the molecule is Cc1[nH]nc(C(=O)N(CC(C)C)CC(C)C)c1N. The number of hydrogen-bond donors (Lipinski definition) is 2. The van der Waals surface area contributed by atoms with E-state index in [0.717, 1.165) is 18.8 Å². The zero-order valence-corrected chi connectivity index (χ0v) is 11.9. The Kier molecular flexibility index (Phi) is 4.76. The Morgan fingerprint density at radius 1 is 1.28 bits per heavy atom. The van der Waals surface area contributed by atoms with Crippen LogP contribution in [0.3, 0.4) is 0 Å². The van der Waals surface area contributed by atoms with Gasteiger partial charge in [0, 0.05) is 13.1 Å². The maximum Gasteiger partial charge on any atom is 0.276 e. The van der Waals surface area contributed by atoms with Gasteiger partial charge in [-0.1, -0.05) is 27.7 Å². The first-order valence-electron chi connectivity index (χ1n) is 6.42. The van der Waals surface area contributed by atoms with E-state index in [4.69, 9.17) is 5.73 Å². The molecule has 5 heteroatoms. The molecule has 18 heavy (non-hydrogen) atoms. The number of aryl methyl sites for hydroxylation is 1. The molecule has 0 atom stereocenters. The molecule has 0 fully saturated rings. The van der Waals surface area contributed by atoms with Gasteiger partial charge in [0.2, 0.25) is 0 Å². The molecule has 5 nitrogen and oxygen atoms in total. The predicted molar refractivity (Wildman–Crippen MR) is 73.3 cm³/mol. The highest BCUT2D eigenvalue weighted by atomic mass is 16.2. The fraction of sp³-hybridized carbons (Fsp3) is 0.692. The van der Waals surface area contributed by atoms with E-state index < -0.39 is 0 Å². The minimum atomic E-state index is -0.0840. The maximum absolute atomic E-state index is 12.4. The van der Waals surface area contributed by atoms with Crippen molar-refractivity contribution in [3.8, 4) is 0 Å².